The third kappa shape index (κ3) is 12.9. The molecule has 140 valence electrons. The quantitative estimate of drug-likeness (QED) is 0.299. The van der Waals surface area contributed by atoms with E-state index in [-0.39, 0.29) is 5.60 Å². The van der Waals surface area contributed by atoms with Crippen LogP contribution in [0.1, 0.15) is 91.9 Å². The van der Waals surface area contributed by atoms with Crippen molar-refractivity contribution < 1.29 is 14.2 Å². The lowest BCUT2D eigenvalue weighted by molar-refractivity contribution is -0.115. The van der Waals surface area contributed by atoms with Crippen LogP contribution in [0, 0.1) is 0 Å². The van der Waals surface area contributed by atoms with Crippen LogP contribution >= 0.6 is 0 Å². The van der Waals surface area contributed by atoms with E-state index in [4.69, 9.17) is 14.2 Å². The first kappa shape index (κ1) is 22.9. The Kier molecular flexibility index (Phi) is 16.6. The second kappa shape index (κ2) is 16.7. The molecule has 0 aromatic heterocycles. The Hall–Kier alpha value is -0.120. The SMILES string of the molecule is CCCCCCCCOC(CC)(CCOCCC)COCCC. The van der Waals surface area contributed by atoms with Crippen LogP contribution in [-0.4, -0.2) is 38.6 Å². The van der Waals surface area contributed by atoms with Gasteiger partial charge >= 0.3 is 0 Å². The lowest BCUT2D eigenvalue weighted by atomic mass is 9.97. The molecule has 0 aromatic carbocycles. The van der Waals surface area contributed by atoms with Crippen molar-refractivity contribution in [1.29, 1.82) is 0 Å². The molecule has 0 heterocycles. The van der Waals surface area contributed by atoms with Gasteiger partial charge in [0.2, 0.25) is 0 Å². The van der Waals surface area contributed by atoms with E-state index >= 15 is 0 Å². The Morgan fingerprint density at radius 3 is 1.91 bits per heavy atom. The molecule has 1 atom stereocenters. The largest absolute Gasteiger partial charge is 0.381 e. The van der Waals surface area contributed by atoms with Gasteiger partial charge in [-0.25, -0.2) is 0 Å². The monoisotopic (exact) mass is 330 g/mol. The maximum absolute atomic E-state index is 6.31. The van der Waals surface area contributed by atoms with Crippen LogP contribution in [0.4, 0.5) is 0 Å². The number of hydrogen-bond acceptors (Lipinski definition) is 3. The van der Waals surface area contributed by atoms with E-state index in [1.54, 1.807) is 0 Å². The molecule has 0 bridgehead atoms. The molecule has 0 radical (unpaired) electrons. The molecule has 0 aromatic rings. The molecule has 0 amide bonds. The van der Waals surface area contributed by atoms with Gasteiger partial charge in [0.05, 0.1) is 12.2 Å². The molecule has 23 heavy (non-hydrogen) atoms. The lowest BCUT2D eigenvalue weighted by Gasteiger charge is -2.33. The van der Waals surface area contributed by atoms with Crippen LogP contribution in [-0.2, 0) is 14.2 Å². The van der Waals surface area contributed by atoms with Crippen molar-refractivity contribution in [1.82, 2.24) is 0 Å². The number of unbranched alkanes of at least 4 members (excludes halogenated alkanes) is 5. The van der Waals surface area contributed by atoms with Crippen molar-refractivity contribution in [3.8, 4) is 0 Å². The Labute approximate surface area is 145 Å². The Morgan fingerprint density at radius 2 is 1.26 bits per heavy atom. The van der Waals surface area contributed by atoms with Gasteiger partial charge in [-0.3, -0.25) is 0 Å². The van der Waals surface area contributed by atoms with Crippen molar-refractivity contribution in [2.45, 2.75) is 97.5 Å². The van der Waals surface area contributed by atoms with Crippen LogP contribution in [0.25, 0.3) is 0 Å². The third-order valence-corrected chi connectivity index (χ3v) is 4.31. The smallest absolute Gasteiger partial charge is 0.0934 e. The van der Waals surface area contributed by atoms with E-state index in [1.807, 2.05) is 0 Å². The molecule has 3 heteroatoms. The molecule has 3 nitrogen and oxygen atoms in total. The van der Waals surface area contributed by atoms with Gasteiger partial charge < -0.3 is 14.2 Å². The summed E-state index contributed by atoms with van der Waals surface area (Å²) in [6.45, 7) is 12.7. The zero-order valence-corrected chi connectivity index (χ0v) is 16.3. The van der Waals surface area contributed by atoms with E-state index in [0.29, 0.717) is 6.61 Å². The average Bonchev–Trinajstić information content (AvgIpc) is 2.57. The molecule has 0 aliphatic rings. The summed E-state index contributed by atoms with van der Waals surface area (Å²) in [5.74, 6) is 0. The highest BCUT2D eigenvalue weighted by atomic mass is 16.5. The van der Waals surface area contributed by atoms with E-state index < -0.39 is 0 Å². The lowest BCUT2D eigenvalue weighted by Crippen LogP contribution is -2.39. The maximum Gasteiger partial charge on any atom is 0.0934 e. The van der Waals surface area contributed by atoms with Crippen molar-refractivity contribution in [3.05, 3.63) is 0 Å². The Balaban J connectivity index is 4.11. The summed E-state index contributed by atoms with van der Waals surface area (Å²) in [5.41, 5.74) is -0.160. The van der Waals surface area contributed by atoms with Gasteiger partial charge in [-0.1, -0.05) is 59.8 Å². The van der Waals surface area contributed by atoms with Crippen LogP contribution in [0.5, 0.6) is 0 Å². The predicted octanol–water partition coefficient (Wildman–Crippen LogP) is 5.76. The van der Waals surface area contributed by atoms with Gasteiger partial charge in [0.15, 0.2) is 0 Å². The molecule has 0 aliphatic carbocycles. The van der Waals surface area contributed by atoms with Gasteiger partial charge in [0.1, 0.15) is 0 Å². The molecule has 1 unspecified atom stereocenters. The highest BCUT2D eigenvalue weighted by molar-refractivity contribution is 4.79. The minimum Gasteiger partial charge on any atom is -0.381 e. The summed E-state index contributed by atoms with van der Waals surface area (Å²) >= 11 is 0. The van der Waals surface area contributed by atoms with E-state index in [2.05, 4.69) is 27.7 Å². The van der Waals surface area contributed by atoms with E-state index in [0.717, 1.165) is 58.5 Å². The molecule has 0 saturated carbocycles. The summed E-state index contributed by atoms with van der Waals surface area (Å²) in [4.78, 5) is 0. The Morgan fingerprint density at radius 1 is 0.609 bits per heavy atom. The highest BCUT2D eigenvalue weighted by Crippen LogP contribution is 2.23. The first-order valence-corrected chi connectivity index (χ1v) is 10.0. The van der Waals surface area contributed by atoms with Crippen molar-refractivity contribution in [3.63, 3.8) is 0 Å². The summed E-state index contributed by atoms with van der Waals surface area (Å²) in [6, 6.07) is 0. The topological polar surface area (TPSA) is 27.7 Å². The minimum absolute atomic E-state index is 0.160. The predicted molar refractivity (Wildman–Crippen MR) is 99.2 cm³/mol. The maximum atomic E-state index is 6.31. The first-order valence-electron chi connectivity index (χ1n) is 10.0. The minimum atomic E-state index is -0.160. The van der Waals surface area contributed by atoms with Crippen LogP contribution in [0.15, 0.2) is 0 Å². The van der Waals surface area contributed by atoms with E-state index in [1.165, 1.54) is 32.1 Å². The third-order valence-electron chi connectivity index (χ3n) is 4.31. The molecule has 0 saturated heterocycles. The number of rotatable bonds is 18. The second-order valence-corrected chi connectivity index (χ2v) is 6.57. The van der Waals surface area contributed by atoms with E-state index in [9.17, 15) is 0 Å². The first-order chi connectivity index (χ1) is 11.2. The second-order valence-electron chi connectivity index (χ2n) is 6.57. The molecular formula is C20H42O3. The van der Waals surface area contributed by atoms with Crippen LogP contribution in [0.3, 0.4) is 0 Å². The zero-order valence-electron chi connectivity index (χ0n) is 16.3. The van der Waals surface area contributed by atoms with Gasteiger partial charge in [-0.15, -0.1) is 0 Å². The van der Waals surface area contributed by atoms with Crippen LogP contribution in [0.2, 0.25) is 0 Å². The number of ether oxygens (including phenoxy) is 3. The molecule has 0 fully saturated rings. The zero-order chi connectivity index (χ0) is 17.2. The van der Waals surface area contributed by atoms with Gasteiger partial charge in [-0.05, 0) is 25.7 Å². The Bertz CT molecular complexity index is 233. The molecular weight excluding hydrogens is 288 g/mol. The summed E-state index contributed by atoms with van der Waals surface area (Å²) in [6.07, 6.45) is 11.9. The van der Waals surface area contributed by atoms with Crippen molar-refractivity contribution >= 4 is 0 Å². The fourth-order valence-corrected chi connectivity index (χ4v) is 2.65. The van der Waals surface area contributed by atoms with Crippen molar-refractivity contribution in [2.75, 3.05) is 33.0 Å². The van der Waals surface area contributed by atoms with Gasteiger partial charge in [0, 0.05) is 32.8 Å². The molecule has 0 aliphatic heterocycles. The summed E-state index contributed by atoms with van der Waals surface area (Å²) in [7, 11) is 0. The summed E-state index contributed by atoms with van der Waals surface area (Å²) in [5, 5.41) is 0. The highest BCUT2D eigenvalue weighted by Gasteiger charge is 2.29. The molecule has 0 spiro atoms. The standard InChI is InChI=1S/C20H42O3/c1-5-9-10-11-12-13-17-23-20(8-4,19-22-16-7-3)14-18-21-15-6-2/h5-19H2,1-4H3. The fraction of sp³-hybridized carbons (Fsp3) is 1.00. The molecule has 0 N–H and O–H groups in total. The fourth-order valence-electron chi connectivity index (χ4n) is 2.65. The van der Waals surface area contributed by atoms with Crippen molar-refractivity contribution in [2.24, 2.45) is 0 Å². The average molecular weight is 331 g/mol. The normalized spacial score (nSPS) is 14.1. The number of hydrogen-bond donors (Lipinski definition) is 0. The summed E-state index contributed by atoms with van der Waals surface area (Å²) < 4.78 is 17.8. The van der Waals surface area contributed by atoms with Gasteiger partial charge in [0.25, 0.3) is 0 Å². The molecule has 0 rings (SSSR count). The van der Waals surface area contributed by atoms with Gasteiger partial charge in [-0.2, -0.15) is 0 Å². The van der Waals surface area contributed by atoms with Crippen LogP contribution < -0.4 is 0 Å².